The highest BCUT2D eigenvalue weighted by atomic mass is 33.1. The standard InChI is InChI=1S/C8H9NO3S2/c1-11-8(10)12-14-13-7-4-2-6(9)3-5-7/h2-5H,9H2,1H3. The second-order valence-electron chi connectivity index (χ2n) is 2.26. The molecule has 0 saturated carbocycles. The molecule has 2 N–H and O–H groups in total. The van der Waals surface area contributed by atoms with E-state index in [0.717, 1.165) is 16.0 Å². The fourth-order valence-corrected chi connectivity index (χ4v) is 1.96. The Balaban J connectivity index is 2.31. The van der Waals surface area contributed by atoms with Gasteiger partial charge in [0.05, 0.1) is 7.11 Å². The lowest BCUT2D eigenvalue weighted by Gasteiger charge is -2.00. The Morgan fingerprint density at radius 1 is 1.36 bits per heavy atom. The zero-order chi connectivity index (χ0) is 10.4. The van der Waals surface area contributed by atoms with Crippen LogP contribution in [0.2, 0.25) is 0 Å². The Hall–Kier alpha value is -1.01. The lowest BCUT2D eigenvalue weighted by Crippen LogP contribution is -1.96. The van der Waals surface area contributed by atoms with Crippen LogP contribution in [0.1, 0.15) is 0 Å². The first-order valence-corrected chi connectivity index (χ1v) is 5.74. The highest BCUT2D eigenvalue weighted by Crippen LogP contribution is 2.32. The summed E-state index contributed by atoms with van der Waals surface area (Å²) in [5.74, 6) is 0. The van der Waals surface area contributed by atoms with Crippen molar-refractivity contribution in [2.24, 2.45) is 0 Å². The van der Waals surface area contributed by atoms with Crippen molar-refractivity contribution in [2.45, 2.75) is 4.90 Å². The summed E-state index contributed by atoms with van der Waals surface area (Å²) in [6, 6.07) is 7.24. The predicted molar refractivity (Wildman–Crippen MR) is 57.8 cm³/mol. The molecular formula is C8H9NO3S2. The summed E-state index contributed by atoms with van der Waals surface area (Å²) >= 11 is 0.946. The molecule has 0 bridgehead atoms. The van der Waals surface area contributed by atoms with E-state index in [1.54, 1.807) is 12.1 Å². The van der Waals surface area contributed by atoms with Crippen molar-refractivity contribution in [3.8, 4) is 0 Å². The molecule has 0 radical (unpaired) electrons. The molecule has 0 aromatic heterocycles. The molecule has 0 unspecified atom stereocenters. The molecule has 0 spiro atoms. The number of benzene rings is 1. The summed E-state index contributed by atoms with van der Waals surface area (Å²) < 4.78 is 8.90. The Morgan fingerprint density at radius 3 is 2.57 bits per heavy atom. The van der Waals surface area contributed by atoms with Gasteiger partial charge in [0.25, 0.3) is 0 Å². The van der Waals surface area contributed by atoms with Gasteiger partial charge in [-0.25, -0.2) is 4.79 Å². The van der Waals surface area contributed by atoms with E-state index >= 15 is 0 Å². The molecule has 4 nitrogen and oxygen atoms in total. The van der Waals surface area contributed by atoms with Crippen molar-refractivity contribution in [2.75, 3.05) is 12.8 Å². The van der Waals surface area contributed by atoms with E-state index in [9.17, 15) is 4.79 Å². The van der Waals surface area contributed by atoms with E-state index < -0.39 is 6.16 Å². The molecule has 0 aliphatic heterocycles. The summed E-state index contributed by atoms with van der Waals surface area (Å²) in [4.78, 5) is 11.5. The van der Waals surface area contributed by atoms with Crippen LogP contribution in [0.15, 0.2) is 29.2 Å². The zero-order valence-electron chi connectivity index (χ0n) is 7.43. The quantitative estimate of drug-likeness (QED) is 0.373. The number of carbonyl (C=O) groups excluding carboxylic acids is 1. The van der Waals surface area contributed by atoms with Crippen LogP contribution in [-0.4, -0.2) is 13.3 Å². The smallest absolute Gasteiger partial charge is 0.437 e. The summed E-state index contributed by atoms with van der Waals surface area (Å²) in [7, 11) is 2.57. The fourth-order valence-electron chi connectivity index (χ4n) is 0.641. The highest BCUT2D eigenvalue weighted by molar-refractivity contribution is 8.75. The van der Waals surface area contributed by atoms with Crippen LogP contribution in [0.5, 0.6) is 0 Å². The molecule has 0 saturated heterocycles. The third kappa shape index (κ3) is 3.80. The maximum absolute atomic E-state index is 10.6. The number of anilines is 1. The summed E-state index contributed by atoms with van der Waals surface area (Å²) in [5, 5.41) is 0. The molecule has 76 valence electrons. The van der Waals surface area contributed by atoms with Gasteiger partial charge < -0.3 is 14.7 Å². The van der Waals surface area contributed by atoms with Gasteiger partial charge >= 0.3 is 6.16 Å². The van der Waals surface area contributed by atoms with Gasteiger partial charge in [-0.05, 0) is 35.1 Å². The van der Waals surface area contributed by atoms with Gasteiger partial charge in [0, 0.05) is 10.6 Å². The number of carbonyl (C=O) groups is 1. The van der Waals surface area contributed by atoms with Crippen molar-refractivity contribution in [1.82, 2.24) is 0 Å². The Bertz CT molecular complexity index is 302. The van der Waals surface area contributed by atoms with Gasteiger partial charge in [0.1, 0.15) is 11.1 Å². The molecule has 6 heteroatoms. The molecule has 1 rings (SSSR count). The number of nitrogens with two attached hydrogens (primary N) is 1. The monoisotopic (exact) mass is 231 g/mol. The minimum Gasteiger partial charge on any atom is -0.437 e. The molecule has 0 fully saturated rings. The summed E-state index contributed by atoms with van der Waals surface area (Å²) in [6.45, 7) is 0. The Labute approximate surface area is 89.7 Å². The van der Waals surface area contributed by atoms with Gasteiger partial charge in [0.2, 0.25) is 0 Å². The van der Waals surface area contributed by atoms with Crippen LogP contribution in [0.4, 0.5) is 10.5 Å². The molecular weight excluding hydrogens is 222 g/mol. The van der Waals surface area contributed by atoms with Crippen molar-refractivity contribution >= 4 is 33.7 Å². The molecule has 1 aromatic rings. The van der Waals surface area contributed by atoms with Gasteiger partial charge in [-0.2, -0.15) is 0 Å². The van der Waals surface area contributed by atoms with Crippen LogP contribution in [0.3, 0.4) is 0 Å². The van der Waals surface area contributed by atoms with E-state index in [4.69, 9.17) is 5.73 Å². The van der Waals surface area contributed by atoms with E-state index in [1.807, 2.05) is 12.1 Å². The topological polar surface area (TPSA) is 61.5 Å². The zero-order valence-corrected chi connectivity index (χ0v) is 9.06. The van der Waals surface area contributed by atoms with Gasteiger partial charge in [-0.15, -0.1) is 0 Å². The van der Waals surface area contributed by atoms with Crippen molar-refractivity contribution in [1.29, 1.82) is 0 Å². The van der Waals surface area contributed by atoms with E-state index in [-0.39, 0.29) is 0 Å². The van der Waals surface area contributed by atoms with E-state index in [1.165, 1.54) is 17.9 Å². The molecule has 0 amide bonds. The van der Waals surface area contributed by atoms with Crippen LogP contribution in [0.25, 0.3) is 0 Å². The lowest BCUT2D eigenvalue weighted by atomic mass is 10.3. The maximum Gasteiger partial charge on any atom is 0.521 e. The molecule has 14 heavy (non-hydrogen) atoms. The number of ether oxygens (including phenoxy) is 1. The molecule has 0 heterocycles. The first-order chi connectivity index (χ1) is 6.72. The minimum atomic E-state index is -0.710. The van der Waals surface area contributed by atoms with Crippen molar-refractivity contribution in [3.05, 3.63) is 24.3 Å². The number of rotatable bonds is 3. The van der Waals surface area contributed by atoms with Gasteiger partial charge in [0.15, 0.2) is 0 Å². The van der Waals surface area contributed by atoms with Crippen LogP contribution < -0.4 is 5.73 Å². The summed E-state index contributed by atoms with van der Waals surface area (Å²) in [5.41, 5.74) is 6.21. The SMILES string of the molecule is COC(=O)OSSc1ccc(N)cc1. The summed E-state index contributed by atoms with van der Waals surface area (Å²) in [6.07, 6.45) is -0.710. The maximum atomic E-state index is 10.6. The van der Waals surface area contributed by atoms with Crippen LogP contribution in [-0.2, 0) is 8.92 Å². The van der Waals surface area contributed by atoms with Crippen LogP contribution in [0, 0.1) is 0 Å². The minimum absolute atomic E-state index is 0.702. The molecule has 0 aliphatic rings. The third-order valence-electron chi connectivity index (χ3n) is 1.28. The number of hydrogen-bond donors (Lipinski definition) is 1. The lowest BCUT2D eigenvalue weighted by molar-refractivity contribution is 0.130. The molecule has 0 atom stereocenters. The van der Waals surface area contributed by atoms with Gasteiger partial charge in [-0.3, -0.25) is 0 Å². The van der Waals surface area contributed by atoms with E-state index in [2.05, 4.69) is 8.92 Å². The fraction of sp³-hybridized carbons (Fsp3) is 0.125. The molecule has 0 aliphatic carbocycles. The normalized spacial score (nSPS) is 9.50. The third-order valence-corrected chi connectivity index (χ3v) is 3.00. The number of hydrogen-bond acceptors (Lipinski definition) is 6. The predicted octanol–water partition coefficient (Wildman–Crippen LogP) is 2.71. The first kappa shape index (κ1) is 11.1. The Morgan fingerprint density at radius 2 is 2.00 bits per heavy atom. The largest absolute Gasteiger partial charge is 0.521 e. The van der Waals surface area contributed by atoms with Gasteiger partial charge in [-0.1, -0.05) is 0 Å². The number of methoxy groups -OCH3 is 1. The highest BCUT2D eigenvalue weighted by Gasteiger charge is 2.02. The second-order valence-corrected chi connectivity index (χ2v) is 4.11. The molecule has 1 aromatic carbocycles. The average molecular weight is 231 g/mol. The van der Waals surface area contributed by atoms with Crippen molar-refractivity contribution < 1.29 is 13.7 Å². The van der Waals surface area contributed by atoms with E-state index in [0.29, 0.717) is 5.69 Å². The van der Waals surface area contributed by atoms with Crippen molar-refractivity contribution in [3.63, 3.8) is 0 Å². The van der Waals surface area contributed by atoms with Crippen LogP contribution >= 0.6 is 21.9 Å². The number of nitrogen functional groups attached to an aromatic ring is 1. The first-order valence-electron chi connectivity index (χ1n) is 3.67. The average Bonchev–Trinajstić information content (AvgIpc) is 2.21. The second kappa shape index (κ2) is 5.66. The Kier molecular flexibility index (Phi) is 4.48.